The highest BCUT2D eigenvalue weighted by atomic mass is 19.1. The maximum Gasteiger partial charge on any atom is 0.170 e. The van der Waals surface area contributed by atoms with Crippen LogP contribution in [0.5, 0.6) is 0 Å². The molecule has 0 aliphatic carbocycles. The van der Waals surface area contributed by atoms with E-state index in [9.17, 15) is 4.39 Å². The fourth-order valence-corrected chi connectivity index (χ4v) is 2.80. The highest BCUT2D eigenvalue weighted by molar-refractivity contribution is 5.98. The molecule has 1 aromatic carbocycles. The van der Waals surface area contributed by atoms with Gasteiger partial charge in [-0.05, 0) is 37.0 Å². The zero-order valence-corrected chi connectivity index (χ0v) is 11.3. The number of nitrogens with zero attached hydrogens (tertiary/aromatic N) is 2. The van der Waals surface area contributed by atoms with Crippen molar-refractivity contribution in [3.05, 3.63) is 35.1 Å². The lowest BCUT2D eigenvalue weighted by Gasteiger charge is -2.22. The van der Waals surface area contributed by atoms with Crippen LogP contribution in [0.25, 0.3) is 0 Å². The third-order valence-corrected chi connectivity index (χ3v) is 3.74. The van der Waals surface area contributed by atoms with E-state index in [4.69, 9.17) is 10.9 Å². The highest BCUT2D eigenvalue weighted by Crippen LogP contribution is 2.25. The Hall–Kier alpha value is -1.62. The SMILES string of the molecule is CC1CC(C)N(Cc2ccc(F)cc2/C(N)=N/O)C1. The number of nitrogens with two attached hydrogens (primary N) is 1. The van der Waals surface area contributed by atoms with Gasteiger partial charge in [0.15, 0.2) is 5.84 Å². The van der Waals surface area contributed by atoms with E-state index in [-0.39, 0.29) is 11.7 Å². The molecular weight excluding hydrogens is 245 g/mol. The number of benzene rings is 1. The van der Waals surface area contributed by atoms with E-state index in [0.29, 0.717) is 24.1 Å². The average molecular weight is 265 g/mol. The highest BCUT2D eigenvalue weighted by Gasteiger charge is 2.26. The van der Waals surface area contributed by atoms with Gasteiger partial charge in [-0.25, -0.2) is 4.39 Å². The van der Waals surface area contributed by atoms with E-state index in [1.54, 1.807) is 6.07 Å². The van der Waals surface area contributed by atoms with E-state index >= 15 is 0 Å². The van der Waals surface area contributed by atoms with Crippen molar-refractivity contribution in [3.8, 4) is 0 Å². The predicted molar refractivity (Wildman–Crippen MR) is 72.6 cm³/mol. The molecule has 2 atom stereocenters. The van der Waals surface area contributed by atoms with E-state index in [0.717, 1.165) is 12.1 Å². The molecule has 1 aromatic rings. The summed E-state index contributed by atoms with van der Waals surface area (Å²) < 4.78 is 13.3. The largest absolute Gasteiger partial charge is 0.409 e. The molecular formula is C14H20FN3O. The van der Waals surface area contributed by atoms with Gasteiger partial charge in [0, 0.05) is 24.7 Å². The summed E-state index contributed by atoms with van der Waals surface area (Å²) in [4.78, 5) is 2.34. The predicted octanol–water partition coefficient (Wildman–Crippen LogP) is 2.15. The van der Waals surface area contributed by atoms with Gasteiger partial charge in [-0.2, -0.15) is 0 Å². The van der Waals surface area contributed by atoms with Gasteiger partial charge in [-0.3, -0.25) is 4.90 Å². The first-order chi connectivity index (χ1) is 9.01. The second-order valence-electron chi connectivity index (χ2n) is 5.41. The Labute approximate surface area is 112 Å². The lowest BCUT2D eigenvalue weighted by atomic mass is 10.1. The van der Waals surface area contributed by atoms with E-state index in [2.05, 4.69) is 23.9 Å². The average Bonchev–Trinajstić information content (AvgIpc) is 2.69. The molecule has 5 heteroatoms. The van der Waals surface area contributed by atoms with E-state index in [1.807, 2.05) is 0 Å². The van der Waals surface area contributed by atoms with Gasteiger partial charge in [0.25, 0.3) is 0 Å². The molecule has 0 spiro atoms. The molecule has 1 fully saturated rings. The number of halogens is 1. The monoisotopic (exact) mass is 265 g/mol. The van der Waals surface area contributed by atoms with Gasteiger partial charge >= 0.3 is 0 Å². The standard InChI is InChI=1S/C14H20FN3O/c1-9-5-10(2)18(7-9)8-11-3-4-12(15)6-13(11)14(16)17-19/h3-4,6,9-10,19H,5,7-8H2,1-2H3,(H2,16,17). The van der Waals surface area contributed by atoms with Crippen molar-refractivity contribution >= 4 is 5.84 Å². The quantitative estimate of drug-likeness (QED) is 0.381. The first-order valence-electron chi connectivity index (χ1n) is 6.51. The van der Waals surface area contributed by atoms with Crippen LogP contribution in [0.15, 0.2) is 23.4 Å². The molecule has 3 N–H and O–H groups in total. The van der Waals surface area contributed by atoms with Crippen LogP contribution in [0.4, 0.5) is 4.39 Å². The number of amidine groups is 1. The topological polar surface area (TPSA) is 61.8 Å². The third kappa shape index (κ3) is 3.04. The number of rotatable bonds is 3. The summed E-state index contributed by atoms with van der Waals surface area (Å²) in [5, 5.41) is 11.8. The second-order valence-corrected chi connectivity index (χ2v) is 5.41. The summed E-state index contributed by atoms with van der Waals surface area (Å²) in [5.74, 6) is 0.241. The van der Waals surface area contributed by atoms with Crippen LogP contribution < -0.4 is 5.73 Å². The number of likely N-dealkylation sites (tertiary alicyclic amines) is 1. The molecule has 2 unspecified atom stereocenters. The minimum atomic E-state index is -0.381. The van der Waals surface area contributed by atoms with Crippen LogP contribution >= 0.6 is 0 Å². The molecule has 0 amide bonds. The van der Waals surface area contributed by atoms with Gasteiger partial charge in [0.1, 0.15) is 5.82 Å². The lowest BCUT2D eigenvalue weighted by Crippen LogP contribution is -2.28. The Bertz CT molecular complexity index is 490. The molecule has 0 aromatic heterocycles. The van der Waals surface area contributed by atoms with Crippen LogP contribution in [0, 0.1) is 11.7 Å². The molecule has 0 bridgehead atoms. The van der Waals surface area contributed by atoms with Crippen molar-refractivity contribution in [2.45, 2.75) is 32.9 Å². The van der Waals surface area contributed by atoms with Crippen LogP contribution in [-0.4, -0.2) is 28.5 Å². The Balaban J connectivity index is 2.25. The molecule has 0 radical (unpaired) electrons. The maximum atomic E-state index is 13.3. The van der Waals surface area contributed by atoms with Crippen molar-refractivity contribution in [1.82, 2.24) is 4.90 Å². The van der Waals surface area contributed by atoms with Crippen molar-refractivity contribution < 1.29 is 9.60 Å². The molecule has 1 aliphatic rings. The number of hydrogen-bond acceptors (Lipinski definition) is 3. The van der Waals surface area contributed by atoms with Gasteiger partial charge in [0.05, 0.1) is 0 Å². The Morgan fingerprint density at radius 3 is 2.84 bits per heavy atom. The summed E-state index contributed by atoms with van der Waals surface area (Å²) in [6.45, 7) is 6.13. The number of hydrogen-bond donors (Lipinski definition) is 2. The van der Waals surface area contributed by atoms with Crippen molar-refractivity contribution in [1.29, 1.82) is 0 Å². The normalized spacial score (nSPS) is 24.9. The Morgan fingerprint density at radius 2 is 2.26 bits per heavy atom. The zero-order chi connectivity index (χ0) is 14.0. The first-order valence-corrected chi connectivity index (χ1v) is 6.51. The van der Waals surface area contributed by atoms with E-state index < -0.39 is 0 Å². The fourth-order valence-electron chi connectivity index (χ4n) is 2.80. The molecule has 0 saturated carbocycles. The molecule has 1 heterocycles. The summed E-state index contributed by atoms with van der Waals surface area (Å²) in [5.41, 5.74) is 6.97. The van der Waals surface area contributed by atoms with Crippen molar-refractivity contribution in [3.63, 3.8) is 0 Å². The van der Waals surface area contributed by atoms with Gasteiger partial charge < -0.3 is 10.9 Å². The minimum absolute atomic E-state index is 0.0469. The Morgan fingerprint density at radius 1 is 1.53 bits per heavy atom. The Kier molecular flexibility index (Phi) is 4.04. The molecule has 4 nitrogen and oxygen atoms in total. The lowest BCUT2D eigenvalue weighted by molar-refractivity contribution is 0.256. The molecule has 19 heavy (non-hydrogen) atoms. The molecule has 1 saturated heterocycles. The van der Waals surface area contributed by atoms with Crippen molar-refractivity contribution in [2.24, 2.45) is 16.8 Å². The fraction of sp³-hybridized carbons (Fsp3) is 0.500. The minimum Gasteiger partial charge on any atom is -0.409 e. The third-order valence-electron chi connectivity index (χ3n) is 3.74. The van der Waals surface area contributed by atoms with Gasteiger partial charge in [-0.1, -0.05) is 18.1 Å². The van der Waals surface area contributed by atoms with Crippen LogP contribution in [0.2, 0.25) is 0 Å². The van der Waals surface area contributed by atoms with Crippen LogP contribution in [0.1, 0.15) is 31.4 Å². The summed E-state index contributed by atoms with van der Waals surface area (Å²) in [6, 6.07) is 4.93. The molecule has 1 aliphatic heterocycles. The van der Waals surface area contributed by atoms with E-state index in [1.165, 1.54) is 18.6 Å². The van der Waals surface area contributed by atoms with Crippen LogP contribution in [-0.2, 0) is 6.54 Å². The van der Waals surface area contributed by atoms with Gasteiger partial charge in [0.2, 0.25) is 0 Å². The van der Waals surface area contributed by atoms with Gasteiger partial charge in [-0.15, -0.1) is 0 Å². The smallest absolute Gasteiger partial charge is 0.170 e. The molecule has 104 valence electrons. The van der Waals surface area contributed by atoms with Crippen LogP contribution in [0.3, 0.4) is 0 Å². The summed E-state index contributed by atoms with van der Waals surface area (Å²) >= 11 is 0. The van der Waals surface area contributed by atoms with Crippen molar-refractivity contribution in [2.75, 3.05) is 6.54 Å². The summed E-state index contributed by atoms with van der Waals surface area (Å²) in [6.07, 6.45) is 1.17. The maximum absolute atomic E-state index is 13.3. The zero-order valence-electron chi connectivity index (χ0n) is 11.3. The first kappa shape index (κ1) is 13.8. The second kappa shape index (κ2) is 5.57. The summed E-state index contributed by atoms with van der Waals surface area (Å²) in [7, 11) is 0. The molecule has 2 rings (SSSR count). The number of oxime groups is 1.